The number of imidazole rings is 1. The average molecular weight is 150 g/mol. The van der Waals surface area contributed by atoms with Crippen molar-refractivity contribution >= 4 is 12.6 Å². The first-order chi connectivity index (χ1) is 3.84. The molecule has 1 aromatic rings. The van der Waals surface area contributed by atoms with Gasteiger partial charge in [0.25, 0.3) is 0 Å². The van der Waals surface area contributed by atoms with Crippen molar-refractivity contribution in [2.24, 2.45) is 0 Å². The molecule has 2 nitrogen and oxygen atoms in total. The van der Waals surface area contributed by atoms with E-state index in [1.54, 1.807) is 6.33 Å². The number of H-pyrrole nitrogens is 1. The van der Waals surface area contributed by atoms with Crippen LogP contribution in [0, 0.1) is 6.92 Å². The maximum absolute atomic E-state index is 4.78. The van der Waals surface area contributed by atoms with Crippen molar-refractivity contribution in [3.63, 3.8) is 0 Å². The molecule has 1 aromatic heterocycles. The van der Waals surface area contributed by atoms with Gasteiger partial charge in [-0.2, -0.15) is 0 Å². The number of rotatable bonds is 1. The van der Waals surface area contributed by atoms with Crippen LogP contribution >= 0.6 is 0 Å². The first-order valence-electron chi connectivity index (χ1n) is 2.41. The van der Waals surface area contributed by atoms with E-state index < -0.39 is 0 Å². The summed E-state index contributed by atoms with van der Waals surface area (Å²) in [5, 5.41) is 0. The van der Waals surface area contributed by atoms with E-state index in [1.165, 1.54) is 0 Å². The number of nitrogens with one attached hydrogen (secondary N) is 1. The van der Waals surface area contributed by atoms with Gasteiger partial charge < -0.3 is 17.6 Å². The molecule has 1 rings (SSSR count). The fourth-order valence-corrected chi connectivity index (χ4v) is 0.824. The Morgan fingerprint density at radius 1 is 1.78 bits per heavy atom. The van der Waals surface area contributed by atoms with Crippen LogP contribution in [0.2, 0.25) is 0 Å². The molecular formula is C5H7N2NaS. The average Bonchev–Trinajstić information content (AvgIpc) is 2.14. The molecular weight excluding hydrogens is 143 g/mol. The zero-order chi connectivity index (χ0) is 5.98. The zero-order valence-corrected chi connectivity index (χ0v) is 8.46. The van der Waals surface area contributed by atoms with Crippen LogP contribution in [0.5, 0.6) is 0 Å². The zero-order valence-electron chi connectivity index (χ0n) is 5.64. The molecule has 44 valence electrons. The smallest absolute Gasteiger partial charge is 0.786 e. The second-order valence-electron chi connectivity index (χ2n) is 1.62. The van der Waals surface area contributed by atoms with Crippen molar-refractivity contribution in [2.45, 2.75) is 12.7 Å². The second-order valence-corrected chi connectivity index (χ2v) is 1.91. The Balaban J connectivity index is 0.000000640. The number of aromatic nitrogens is 2. The number of aromatic amines is 1. The van der Waals surface area contributed by atoms with Crippen LogP contribution in [0.1, 0.15) is 11.4 Å². The monoisotopic (exact) mass is 150 g/mol. The molecule has 0 spiro atoms. The standard InChI is InChI=1S/C5H8N2S.Na/c1-4-5(2-8)7-3-6-4;/h3,8H,2H2,1H3,(H,6,7);/q;+1/p-1. The molecule has 0 saturated carbocycles. The summed E-state index contributed by atoms with van der Waals surface area (Å²) in [5.74, 6) is 0.606. The van der Waals surface area contributed by atoms with Gasteiger partial charge in [0.2, 0.25) is 0 Å². The summed E-state index contributed by atoms with van der Waals surface area (Å²) in [5.41, 5.74) is 2.07. The van der Waals surface area contributed by atoms with Crippen molar-refractivity contribution in [3.05, 3.63) is 17.7 Å². The van der Waals surface area contributed by atoms with Crippen LogP contribution < -0.4 is 29.6 Å². The molecule has 1 N–H and O–H groups in total. The summed E-state index contributed by atoms with van der Waals surface area (Å²) in [4.78, 5) is 6.92. The minimum atomic E-state index is 0. The predicted molar refractivity (Wildman–Crippen MR) is 34.4 cm³/mol. The van der Waals surface area contributed by atoms with E-state index in [0.717, 1.165) is 11.4 Å². The van der Waals surface area contributed by atoms with Gasteiger partial charge in [0.15, 0.2) is 0 Å². The Labute approximate surface area is 82.2 Å². The molecule has 4 heteroatoms. The van der Waals surface area contributed by atoms with Gasteiger partial charge in [-0.15, -0.1) is 5.75 Å². The topological polar surface area (TPSA) is 28.7 Å². The molecule has 0 saturated heterocycles. The SMILES string of the molecule is Cc1[nH]cnc1C[S-].[Na+]. The van der Waals surface area contributed by atoms with E-state index in [4.69, 9.17) is 12.6 Å². The molecule has 0 aromatic carbocycles. The quantitative estimate of drug-likeness (QED) is 0.362. The normalized spacial score (nSPS) is 8.67. The van der Waals surface area contributed by atoms with E-state index in [0.29, 0.717) is 5.75 Å². The molecule has 0 aliphatic rings. The van der Waals surface area contributed by atoms with Gasteiger partial charge in [-0.3, -0.25) is 0 Å². The number of hydrogen-bond acceptors (Lipinski definition) is 2. The van der Waals surface area contributed by atoms with Crippen molar-refractivity contribution in [1.82, 2.24) is 9.97 Å². The number of aryl methyl sites for hydroxylation is 1. The van der Waals surface area contributed by atoms with Crippen LogP contribution in [0.15, 0.2) is 6.33 Å². The van der Waals surface area contributed by atoms with Crippen LogP contribution in [-0.4, -0.2) is 9.97 Å². The molecule has 0 amide bonds. The molecule has 0 bridgehead atoms. The molecule has 1 heterocycles. The third kappa shape index (κ3) is 2.34. The number of nitrogens with zero attached hydrogens (tertiary/aromatic N) is 1. The van der Waals surface area contributed by atoms with Crippen molar-refractivity contribution < 1.29 is 29.6 Å². The third-order valence-corrected chi connectivity index (χ3v) is 1.34. The molecule has 0 aliphatic carbocycles. The Bertz CT molecular complexity index is 175. The minimum Gasteiger partial charge on any atom is -0.786 e. The van der Waals surface area contributed by atoms with E-state index >= 15 is 0 Å². The summed E-state index contributed by atoms with van der Waals surface area (Å²) in [6, 6.07) is 0. The summed E-state index contributed by atoms with van der Waals surface area (Å²) < 4.78 is 0. The van der Waals surface area contributed by atoms with Gasteiger partial charge in [-0.25, -0.2) is 4.98 Å². The van der Waals surface area contributed by atoms with Crippen molar-refractivity contribution in [1.29, 1.82) is 0 Å². The van der Waals surface area contributed by atoms with Gasteiger partial charge >= 0.3 is 29.6 Å². The van der Waals surface area contributed by atoms with Crippen molar-refractivity contribution in [3.8, 4) is 0 Å². The van der Waals surface area contributed by atoms with Crippen LogP contribution in [0.25, 0.3) is 0 Å². The predicted octanol–water partition coefficient (Wildman–Crippen LogP) is -2.23. The maximum atomic E-state index is 4.78. The Hall–Kier alpha value is 0.560. The number of hydrogen-bond donors (Lipinski definition) is 1. The fourth-order valence-electron chi connectivity index (χ4n) is 0.533. The van der Waals surface area contributed by atoms with Crippen LogP contribution in [0.3, 0.4) is 0 Å². The van der Waals surface area contributed by atoms with E-state index in [2.05, 4.69) is 9.97 Å². The Morgan fingerprint density at radius 3 is 2.67 bits per heavy atom. The molecule has 9 heavy (non-hydrogen) atoms. The van der Waals surface area contributed by atoms with Gasteiger partial charge in [-0.1, -0.05) is 0 Å². The molecule has 0 aliphatic heterocycles. The summed E-state index contributed by atoms with van der Waals surface area (Å²) in [7, 11) is 0. The van der Waals surface area contributed by atoms with E-state index in [-0.39, 0.29) is 29.6 Å². The first kappa shape index (κ1) is 9.56. The van der Waals surface area contributed by atoms with Crippen molar-refractivity contribution in [2.75, 3.05) is 0 Å². The van der Waals surface area contributed by atoms with Gasteiger partial charge in [0.1, 0.15) is 0 Å². The largest absolute Gasteiger partial charge is 1.00 e. The molecule has 0 radical (unpaired) electrons. The molecule has 0 unspecified atom stereocenters. The van der Waals surface area contributed by atoms with Gasteiger partial charge in [0.05, 0.1) is 6.33 Å². The maximum Gasteiger partial charge on any atom is 1.00 e. The molecule has 0 fully saturated rings. The van der Waals surface area contributed by atoms with E-state index in [9.17, 15) is 0 Å². The summed E-state index contributed by atoms with van der Waals surface area (Å²) in [6.45, 7) is 1.97. The minimum absolute atomic E-state index is 0. The van der Waals surface area contributed by atoms with Crippen LogP contribution in [-0.2, 0) is 18.4 Å². The third-order valence-electron chi connectivity index (χ3n) is 1.07. The first-order valence-corrected chi connectivity index (χ1v) is 2.99. The second kappa shape index (κ2) is 4.39. The Kier molecular flexibility index (Phi) is 4.66. The summed E-state index contributed by atoms with van der Waals surface area (Å²) >= 11 is 4.78. The van der Waals surface area contributed by atoms with Crippen LogP contribution in [0.4, 0.5) is 0 Å². The summed E-state index contributed by atoms with van der Waals surface area (Å²) in [6.07, 6.45) is 1.66. The van der Waals surface area contributed by atoms with Gasteiger partial charge in [-0.05, 0) is 6.92 Å². The van der Waals surface area contributed by atoms with E-state index in [1.807, 2.05) is 6.92 Å². The Morgan fingerprint density at radius 2 is 2.44 bits per heavy atom. The molecule has 0 atom stereocenters. The fraction of sp³-hybridized carbons (Fsp3) is 0.400. The van der Waals surface area contributed by atoms with Gasteiger partial charge in [0, 0.05) is 11.4 Å².